The van der Waals surface area contributed by atoms with Gasteiger partial charge in [-0.05, 0) is 48.4 Å². The molecular formula is C30H47NO3Si2. The highest BCUT2D eigenvalue weighted by molar-refractivity contribution is 6.74. The lowest BCUT2D eigenvalue weighted by Crippen LogP contribution is -2.58. The summed E-state index contributed by atoms with van der Waals surface area (Å²) in [6, 6.07) is 9.88. The van der Waals surface area contributed by atoms with E-state index in [0.29, 0.717) is 13.0 Å². The Morgan fingerprint density at radius 2 is 1.47 bits per heavy atom. The second-order valence-corrected chi connectivity index (χ2v) is 22.4. The van der Waals surface area contributed by atoms with Crippen LogP contribution >= 0.6 is 0 Å². The molecule has 198 valence electrons. The summed E-state index contributed by atoms with van der Waals surface area (Å²) in [4.78, 5) is 16.0. The first kappa shape index (κ1) is 30.3. The average Bonchev–Trinajstić information content (AvgIpc) is 2.94. The van der Waals surface area contributed by atoms with Crippen molar-refractivity contribution in [3.05, 3.63) is 61.2 Å². The van der Waals surface area contributed by atoms with Gasteiger partial charge in [-0.3, -0.25) is 4.79 Å². The minimum absolute atomic E-state index is 0.0454. The van der Waals surface area contributed by atoms with Crippen LogP contribution in [-0.4, -0.2) is 51.7 Å². The Balaban J connectivity index is 2.80. The second kappa shape index (κ2) is 10.8. The molecule has 1 amide bonds. The van der Waals surface area contributed by atoms with Crippen LogP contribution < -0.4 is 0 Å². The number of benzene rings is 1. The Bertz CT molecular complexity index is 1010. The van der Waals surface area contributed by atoms with Crippen molar-refractivity contribution in [2.45, 2.75) is 102 Å². The number of likely N-dealkylation sites (tertiary alicyclic amines) is 1. The molecule has 1 heterocycles. The highest BCUT2D eigenvalue weighted by Crippen LogP contribution is 2.46. The minimum Gasteiger partial charge on any atom is -0.407 e. The largest absolute Gasteiger partial charge is 0.407 e. The number of carbonyl (C=O) groups is 1. The van der Waals surface area contributed by atoms with E-state index in [9.17, 15) is 4.79 Å². The van der Waals surface area contributed by atoms with Crippen molar-refractivity contribution < 1.29 is 13.6 Å². The molecule has 0 aliphatic carbocycles. The predicted octanol–water partition coefficient (Wildman–Crippen LogP) is 7.16. The minimum atomic E-state index is -2.31. The highest BCUT2D eigenvalue weighted by atomic mass is 28.4. The average molecular weight is 526 g/mol. The maximum Gasteiger partial charge on any atom is 0.254 e. The summed E-state index contributed by atoms with van der Waals surface area (Å²) < 4.78 is 14.0. The summed E-state index contributed by atoms with van der Waals surface area (Å²) in [6.07, 6.45) is 2.81. The number of hydrogen-bond acceptors (Lipinski definition) is 3. The van der Waals surface area contributed by atoms with Crippen LogP contribution in [0.2, 0.25) is 36.3 Å². The van der Waals surface area contributed by atoms with Crippen molar-refractivity contribution in [3.63, 3.8) is 0 Å². The number of amides is 1. The molecule has 1 aliphatic heterocycles. The smallest absolute Gasteiger partial charge is 0.254 e. The number of hydrogen-bond donors (Lipinski definition) is 0. The van der Waals surface area contributed by atoms with Crippen LogP contribution in [0.3, 0.4) is 0 Å². The maximum absolute atomic E-state index is 14.2. The molecule has 0 unspecified atom stereocenters. The number of nitrogens with zero attached hydrogens (tertiary/aromatic N) is 1. The molecule has 3 atom stereocenters. The van der Waals surface area contributed by atoms with Gasteiger partial charge in [0.25, 0.3) is 5.91 Å². The van der Waals surface area contributed by atoms with Gasteiger partial charge in [0.15, 0.2) is 22.7 Å². The summed E-state index contributed by atoms with van der Waals surface area (Å²) in [5, 5.41) is -0.103. The summed E-state index contributed by atoms with van der Waals surface area (Å²) in [7, 11) is -4.62. The van der Waals surface area contributed by atoms with Gasteiger partial charge < -0.3 is 13.8 Å². The molecule has 1 fully saturated rings. The Kier molecular flexibility index (Phi) is 9.12. The number of carbonyl (C=O) groups excluding carboxylic acids is 1. The maximum atomic E-state index is 14.2. The molecule has 1 aromatic carbocycles. The van der Waals surface area contributed by atoms with E-state index >= 15 is 0 Å². The highest BCUT2D eigenvalue weighted by Gasteiger charge is 2.62. The van der Waals surface area contributed by atoms with Gasteiger partial charge in [-0.15, -0.1) is 13.2 Å². The monoisotopic (exact) mass is 525 g/mol. The van der Waals surface area contributed by atoms with E-state index in [-0.39, 0.29) is 16.0 Å². The van der Waals surface area contributed by atoms with Crippen LogP contribution in [0.5, 0.6) is 0 Å². The van der Waals surface area contributed by atoms with E-state index in [2.05, 4.69) is 92.7 Å². The fraction of sp³-hybridized carbons (Fsp3) is 0.567. The van der Waals surface area contributed by atoms with Crippen molar-refractivity contribution in [2.24, 2.45) is 0 Å². The van der Waals surface area contributed by atoms with E-state index in [4.69, 9.17) is 8.85 Å². The van der Waals surface area contributed by atoms with Gasteiger partial charge in [0.2, 0.25) is 0 Å². The fourth-order valence-corrected chi connectivity index (χ4v) is 6.38. The zero-order valence-electron chi connectivity index (χ0n) is 24.2. The molecule has 6 heteroatoms. The standard InChI is InChI=1S/C30H47NO3Si2/c1-13-21-30(22-20-24-18-16-15-17-19-24)26(34-36(11,12)29(6,7)8)25(27(32)31(30)23-14-2)33-35(9,10)28(3,4)5/h13-19,25-26H,1-2,21,23H2,3-12H3/t25-,26-,30+/m0/s1. The molecule has 0 bridgehead atoms. The van der Waals surface area contributed by atoms with Gasteiger partial charge in [-0.1, -0.05) is 83.7 Å². The fourth-order valence-electron chi connectivity index (χ4n) is 3.86. The van der Waals surface area contributed by atoms with E-state index in [1.165, 1.54) is 0 Å². The topological polar surface area (TPSA) is 38.8 Å². The molecule has 1 aromatic rings. The van der Waals surface area contributed by atoms with Gasteiger partial charge in [0, 0.05) is 18.5 Å². The van der Waals surface area contributed by atoms with Crippen LogP contribution in [0, 0.1) is 11.8 Å². The molecule has 0 aromatic heterocycles. The van der Waals surface area contributed by atoms with Crippen molar-refractivity contribution in [1.82, 2.24) is 4.90 Å². The summed E-state index contributed by atoms with van der Waals surface area (Å²) in [5.41, 5.74) is -0.0161. The van der Waals surface area contributed by atoms with Gasteiger partial charge in [-0.25, -0.2) is 0 Å². The lowest BCUT2D eigenvalue weighted by molar-refractivity contribution is -0.135. The van der Waals surface area contributed by atoms with Crippen LogP contribution in [0.4, 0.5) is 0 Å². The molecule has 0 radical (unpaired) electrons. The van der Waals surface area contributed by atoms with Gasteiger partial charge in [0.05, 0.1) is 0 Å². The zero-order chi connectivity index (χ0) is 27.6. The normalized spacial score (nSPS) is 23.3. The lowest BCUT2D eigenvalue weighted by atomic mass is 9.88. The third-order valence-electron chi connectivity index (χ3n) is 8.16. The van der Waals surface area contributed by atoms with Crippen LogP contribution in [0.25, 0.3) is 0 Å². The molecule has 0 spiro atoms. The number of rotatable bonds is 8. The summed E-state index contributed by atoms with van der Waals surface area (Å²) >= 11 is 0. The molecule has 0 saturated carbocycles. The van der Waals surface area contributed by atoms with Crippen LogP contribution in [0.15, 0.2) is 55.6 Å². The Labute approximate surface area is 222 Å². The quantitative estimate of drug-likeness (QED) is 0.205. The SMILES string of the molecule is C=CCN1C(=O)[C@@H](O[Si](C)(C)C(C)(C)C)[C@H](O[Si](C)(C)C(C)(C)C)[C@]1(C#Cc1ccccc1)CC=C. The summed E-state index contributed by atoms with van der Waals surface area (Å²) in [6.45, 7) is 30.4. The first-order chi connectivity index (χ1) is 16.4. The van der Waals surface area contributed by atoms with Crippen LogP contribution in [0.1, 0.15) is 53.5 Å². The van der Waals surface area contributed by atoms with Gasteiger partial charge in [0.1, 0.15) is 11.6 Å². The Hall–Kier alpha value is -1.92. The first-order valence-corrected chi connectivity index (χ1v) is 18.7. The third-order valence-corrected chi connectivity index (χ3v) is 17.1. The summed E-state index contributed by atoms with van der Waals surface area (Å²) in [5.74, 6) is 6.80. The first-order valence-electron chi connectivity index (χ1n) is 12.9. The van der Waals surface area contributed by atoms with E-state index < -0.39 is 34.4 Å². The van der Waals surface area contributed by atoms with Crippen LogP contribution in [-0.2, 0) is 13.6 Å². The predicted molar refractivity (Wildman–Crippen MR) is 157 cm³/mol. The third kappa shape index (κ3) is 6.13. The molecule has 4 nitrogen and oxygen atoms in total. The molecule has 0 N–H and O–H groups in total. The van der Waals surface area contributed by atoms with E-state index in [0.717, 1.165) is 5.56 Å². The lowest BCUT2D eigenvalue weighted by Gasteiger charge is -2.45. The van der Waals surface area contributed by atoms with Gasteiger partial charge in [-0.2, -0.15) is 0 Å². The molecule has 36 heavy (non-hydrogen) atoms. The van der Waals surface area contributed by atoms with E-state index in [1.807, 2.05) is 41.3 Å². The molecular weight excluding hydrogens is 479 g/mol. The van der Waals surface area contributed by atoms with Crippen molar-refractivity contribution in [3.8, 4) is 11.8 Å². The molecule has 2 rings (SSSR count). The Morgan fingerprint density at radius 1 is 0.944 bits per heavy atom. The molecule has 1 saturated heterocycles. The van der Waals surface area contributed by atoms with Gasteiger partial charge >= 0.3 is 0 Å². The van der Waals surface area contributed by atoms with Crippen molar-refractivity contribution in [1.29, 1.82) is 0 Å². The Morgan fingerprint density at radius 3 is 1.94 bits per heavy atom. The van der Waals surface area contributed by atoms with Crippen molar-refractivity contribution in [2.75, 3.05) is 6.54 Å². The zero-order valence-corrected chi connectivity index (χ0v) is 26.2. The van der Waals surface area contributed by atoms with Crippen molar-refractivity contribution >= 4 is 22.5 Å². The second-order valence-electron chi connectivity index (χ2n) is 12.9. The van der Waals surface area contributed by atoms with E-state index in [1.54, 1.807) is 6.08 Å². The molecule has 1 aliphatic rings.